The predicted octanol–water partition coefficient (Wildman–Crippen LogP) is 2.49. The molecule has 15 heavy (non-hydrogen) atoms. The van der Waals surface area contributed by atoms with Crippen molar-refractivity contribution in [3.63, 3.8) is 0 Å². The minimum atomic E-state index is -2.48. The van der Waals surface area contributed by atoms with Gasteiger partial charge in [-0.1, -0.05) is 6.07 Å². The molecule has 0 aromatic heterocycles. The molecule has 0 amide bonds. The van der Waals surface area contributed by atoms with Crippen molar-refractivity contribution in [2.45, 2.75) is 18.9 Å². The molecule has 2 nitrogen and oxygen atoms in total. The number of nitrogens with two attached hydrogens (primary N) is 1. The topological polar surface area (TPSA) is 35.2 Å². The summed E-state index contributed by atoms with van der Waals surface area (Å²) >= 11 is 0. The molecule has 1 atom stereocenters. The molecule has 0 heterocycles. The molecule has 1 rings (SSSR count). The van der Waals surface area contributed by atoms with Gasteiger partial charge in [-0.05, 0) is 17.7 Å². The zero-order chi connectivity index (χ0) is 11.4. The van der Waals surface area contributed by atoms with Gasteiger partial charge in [-0.3, -0.25) is 0 Å². The number of methoxy groups -OCH3 is 1. The molecule has 0 spiro atoms. The Hall–Kier alpha value is -1.23. The van der Waals surface area contributed by atoms with Gasteiger partial charge >= 0.3 is 0 Å². The first-order valence-electron chi connectivity index (χ1n) is 4.41. The second kappa shape index (κ2) is 5.02. The van der Waals surface area contributed by atoms with Crippen molar-refractivity contribution in [2.75, 3.05) is 7.11 Å². The molecule has 0 aliphatic heterocycles. The van der Waals surface area contributed by atoms with Crippen molar-refractivity contribution in [1.29, 1.82) is 0 Å². The zero-order valence-corrected chi connectivity index (χ0v) is 8.21. The van der Waals surface area contributed by atoms with Crippen molar-refractivity contribution < 1.29 is 17.9 Å². The summed E-state index contributed by atoms with van der Waals surface area (Å²) in [5, 5.41) is 0. The van der Waals surface area contributed by atoms with E-state index in [4.69, 9.17) is 10.5 Å². The number of halogens is 3. The molecule has 0 saturated heterocycles. The van der Waals surface area contributed by atoms with Crippen molar-refractivity contribution in [1.82, 2.24) is 0 Å². The third-order valence-corrected chi connectivity index (χ3v) is 2.04. The summed E-state index contributed by atoms with van der Waals surface area (Å²) in [7, 11) is 1.31. The summed E-state index contributed by atoms with van der Waals surface area (Å²) < 4.78 is 41.8. The molecule has 2 N–H and O–H groups in total. The van der Waals surface area contributed by atoms with Crippen molar-refractivity contribution in [2.24, 2.45) is 5.73 Å². The predicted molar refractivity (Wildman–Crippen MR) is 50.5 cm³/mol. The van der Waals surface area contributed by atoms with Gasteiger partial charge < -0.3 is 10.5 Å². The maximum atomic E-state index is 13.0. The van der Waals surface area contributed by atoms with E-state index in [9.17, 15) is 13.2 Å². The Balaban J connectivity index is 2.85. The fourth-order valence-electron chi connectivity index (χ4n) is 1.24. The van der Waals surface area contributed by atoms with Crippen LogP contribution in [-0.4, -0.2) is 13.5 Å². The highest BCUT2D eigenvalue weighted by atomic mass is 19.3. The highest BCUT2D eigenvalue weighted by Crippen LogP contribution is 2.24. The smallest absolute Gasteiger partial charge is 0.240 e. The van der Waals surface area contributed by atoms with Gasteiger partial charge in [-0.15, -0.1) is 0 Å². The van der Waals surface area contributed by atoms with Gasteiger partial charge in [0, 0.05) is 12.5 Å². The molecule has 0 aliphatic carbocycles. The Morgan fingerprint density at radius 2 is 2.07 bits per heavy atom. The lowest BCUT2D eigenvalue weighted by Crippen LogP contribution is -2.14. The molecule has 1 aromatic rings. The Morgan fingerprint density at radius 1 is 1.40 bits per heavy atom. The van der Waals surface area contributed by atoms with E-state index >= 15 is 0 Å². The van der Waals surface area contributed by atoms with E-state index < -0.39 is 24.7 Å². The van der Waals surface area contributed by atoms with E-state index in [1.165, 1.54) is 19.2 Å². The molecular weight excluding hydrogens is 207 g/mol. The van der Waals surface area contributed by atoms with E-state index in [1.807, 2.05) is 0 Å². The van der Waals surface area contributed by atoms with Crippen LogP contribution in [0.25, 0.3) is 0 Å². The molecule has 0 fully saturated rings. The Kier molecular flexibility index (Phi) is 3.96. The summed E-state index contributed by atoms with van der Waals surface area (Å²) in [5.74, 6) is -0.525. The summed E-state index contributed by atoms with van der Waals surface area (Å²) in [6, 6.07) is 3.06. The van der Waals surface area contributed by atoms with Crippen LogP contribution in [0, 0.1) is 5.82 Å². The van der Waals surface area contributed by atoms with Crippen LogP contribution in [0.5, 0.6) is 5.75 Å². The monoisotopic (exact) mass is 219 g/mol. The minimum absolute atomic E-state index is 0.0113. The maximum absolute atomic E-state index is 13.0. The molecule has 0 saturated carbocycles. The SMILES string of the molecule is COc1cc([C@@H](N)CC(F)F)ccc1F. The van der Waals surface area contributed by atoms with E-state index in [1.54, 1.807) is 0 Å². The molecule has 0 radical (unpaired) electrons. The van der Waals surface area contributed by atoms with Crippen LogP contribution in [0.15, 0.2) is 18.2 Å². The molecule has 5 heteroatoms. The molecular formula is C10H12F3NO. The van der Waals surface area contributed by atoms with Gasteiger partial charge in [0.05, 0.1) is 7.11 Å². The van der Waals surface area contributed by atoms with Crippen LogP contribution in [0.4, 0.5) is 13.2 Å². The quantitative estimate of drug-likeness (QED) is 0.844. The lowest BCUT2D eigenvalue weighted by atomic mass is 10.0. The van der Waals surface area contributed by atoms with Gasteiger partial charge in [0.15, 0.2) is 11.6 Å². The molecule has 0 bridgehead atoms. The largest absolute Gasteiger partial charge is 0.494 e. The number of benzene rings is 1. The summed E-state index contributed by atoms with van der Waals surface area (Å²) in [6.07, 6.45) is -2.93. The molecule has 84 valence electrons. The lowest BCUT2D eigenvalue weighted by Gasteiger charge is -2.12. The van der Waals surface area contributed by atoms with Gasteiger partial charge in [-0.2, -0.15) is 0 Å². The minimum Gasteiger partial charge on any atom is -0.494 e. The highest BCUT2D eigenvalue weighted by Gasteiger charge is 2.14. The fourth-order valence-corrected chi connectivity index (χ4v) is 1.24. The fraction of sp³-hybridized carbons (Fsp3) is 0.400. The molecule has 0 unspecified atom stereocenters. The first kappa shape index (κ1) is 11.8. The van der Waals surface area contributed by atoms with E-state index in [2.05, 4.69) is 0 Å². The Morgan fingerprint density at radius 3 is 2.60 bits per heavy atom. The van der Waals surface area contributed by atoms with Gasteiger partial charge in [-0.25, -0.2) is 13.2 Å². The summed E-state index contributed by atoms with van der Waals surface area (Å²) in [4.78, 5) is 0. The lowest BCUT2D eigenvalue weighted by molar-refractivity contribution is 0.128. The normalized spacial score (nSPS) is 12.9. The van der Waals surface area contributed by atoms with Crippen molar-refractivity contribution in [3.05, 3.63) is 29.6 Å². The number of hydrogen-bond donors (Lipinski definition) is 1. The van der Waals surface area contributed by atoms with Crippen LogP contribution in [0.3, 0.4) is 0 Å². The van der Waals surface area contributed by atoms with E-state index in [-0.39, 0.29) is 5.75 Å². The van der Waals surface area contributed by atoms with E-state index in [0.29, 0.717) is 5.56 Å². The average molecular weight is 219 g/mol. The number of alkyl halides is 2. The zero-order valence-electron chi connectivity index (χ0n) is 8.21. The summed E-state index contributed by atoms with van der Waals surface area (Å²) in [6.45, 7) is 0. The molecule has 1 aromatic carbocycles. The second-order valence-corrected chi connectivity index (χ2v) is 3.13. The van der Waals surface area contributed by atoms with Crippen LogP contribution in [0.1, 0.15) is 18.0 Å². The maximum Gasteiger partial charge on any atom is 0.240 e. The number of hydrogen-bond acceptors (Lipinski definition) is 2. The highest BCUT2D eigenvalue weighted by molar-refractivity contribution is 5.32. The van der Waals surface area contributed by atoms with Gasteiger partial charge in [0.25, 0.3) is 0 Å². The molecule has 0 aliphatic rings. The first-order valence-corrected chi connectivity index (χ1v) is 4.41. The Labute approximate surface area is 85.8 Å². The van der Waals surface area contributed by atoms with Crippen LogP contribution in [0.2, 0.25) is 0 Å². The third kappa shape index (κ3) is 3.13. The van der Waals surface area contributed by atoms with Gasteiger partial charge in [0.1, 0.15) is 0 Å². The summed E-state index contributed by atoms with van der Waals surface area (Å²) in [5.41, 5.74) is 5.95. The first-order chi connectivity index (χ1) is 7.04. The average Bonchev–Trinajstić information content (AvgIpc) is 2.17. The number of ether oxygens (including phenoxy) is 1. The van der Waals surface area contributed by atoms with Crippen molar-refractivity contribution >= 4 is 0 Å². The van der Waals surface area contributed by atoms with Gasteiger partial charge in [0.2, 0.25) is 6.43 Å². The standard InChI is InChI=1S/C10H12F3NO/c1-15-9-4-6(2-3-7(9)11)8(14)5-10(12)13/h2-4,8,10H,5,14H2,1H3/t8-/m0/s1. The van der Waals surface area contributed by atoms with E-state index in [0.717, 1.165) is 6.07 Å². The van der Waals surface area contributed by atoms with Crippen LogP contribution >= 0.6 is 0 Å². The third-order valence-electron chi connectivity index (χ3n) is 2.04. The van der Waals surface area contributed by atoms with Crippen LogP contribution < -0.4 is 10.5 Å². The second-order valence-electron chi connectivity index (χ2n) is 3.13. The van der Waals surface area contributed by atoms with Crippen molar-refractivity contribution in [3.8, 4) is 5.75 Å². The van der Waals surface area contributed by atoms with Crippen LogP contribution in [-0.2, 0) is 0 Å². The Bertz CT molecular complexity index is 330. The number of rotatable bonds is 4.